The molecule has 3 heterocycles. The summed E-state index contributed by atoms with van der Waals surface area (Å²) < 4.78 is 45.5. The fourth-order valence-electron chi connectivity index (χ4n) is 4.63. The molecule has 38 heavy (non-hydrogen) atoms. The molecule has 3 aromatic heterocycles. The number of nitriles is 1. The molecule has 3 aromatic carbocycles. The Balaban J connectivity index is 1.61. The number of pyridine rings is 2. The van der Waals surface area contributed by atoms with Crippen molar-refractivity contribution in [3.05, 3.63) is 90.8 Å². The Bertz CT molecular complexity index is 1960. The second-order valence-corrected chi connectivity index (χ2v) is 8.59. The maximum absolute atomic E-state index is 12.7. The molecular weight excluding hydrogens is 493 g/mol. The third kappa shape index (κ3) is 4.00. The molecule has 186 valence electrons. The van der Waals surface area contributed by atoms with Gasteiger partial charge in [-0.15, -0.1) is 18.2 Å². The lowest BCUT2D eigenvalue weighted by molar-refractivity contribution is -0.274. The zero-order chi connectivity index (χ0) is 26.4. The largest absolute Gasteiger partial charge is 0.573 e. The first-order valence-corrected chi connectivity index (χ1v) is 11.5. The van der Waals surface area contributed by atoms with E-state index in [1.54, 1.807) is 22.4 Å². The molecule has 0 atom stereocenters. The summed E-state index contributed by atoms with van der Waals surface area (Å²) >= 11 is 0. The highest BCUT2D eigenvalue weighted by Gasteiger charge is 2.31. The van der Waals surface area contributed by atoms with E-state index < -0.39 is 6.36 Å². The second-order valence-electron chi connectivity index (χ2n) is 8.59. The summed E-state index contributed by atoms with van der Waals surface area (Å²) in [7, 11) is 1.75. The van der Waals surface area contributed by atoms with Gasteiger partial charge in [0.05, 0.1) is 28.3 Å². The quantitative estimate of drug-likeness (QED) is 0.273. The van der Waals surface area contributed by atoms with Crippen molar-refractivity contribution in [3.8, 4) is 28.8 Å². The van der Waals surface area contributed by atoms with Crippen molar-refractivity contribution < 1.29 is 17.9 Å². The van der Waals surface area contributed by atoms with Gasteiger partial charge in [0.2, 0.25) is 11.8 Å². The van der Waals surface area contributed by atoms with Crippen molar-refractivity contribution in [1.82, 2.24) is 19.1 Å². The van der Waals surface area contributed by atoms with Crippen LogP contribution in [0.1, 0.15) is 0 Å². The molecular formula is C28H17F3N6O. The van der Waals surface area contributed by atoms with Crippen LogP contribution in [0.3, 0.4) is 0 Å². The van der Waals surface area contributed by atoms with Gasteiger partial charge in [0, 0.05) is 35.3 Å². The van der Waals surface area contributed by atoms with Crippen molar-refractivity contribution in [3.63, 3.8) is 0 Å². The van der Waals surface area contributed by atoms with E-state index in [1.807, 2.05) is 54.9 Å². The van der Waals surface area contributed by atoms with Crippen molar-refractivity contribution >= 4 is 32.8 Å². The van der Waals surface area contributed by atoms with E-state index in [2.05, 4.69) is 25.8 Å². The molecule has 0 N–H and O–H groups in total. The molecule has 0 saturated carbocycles. The number of halogens is 3. The summed E-state index contributed by atoms with van der Waals surface area (Å²) in [5.74, 6) is -0.349. The van der Waals surface area contributed by atoms with Gasteiger partial charge in [0.15, 0.2) is 0 Å². The van der Waals surface area contributed by atoms with Crippen LogP contribution in [0, 0.1) is 11.5 Å². The lowest BCUT2D eigenvalue weighted by atomic mass is 10.0. The van der Waals surface area contributed by atoms with Crippen LogP contribution in [0.15, 0.2) is 90.2 Å². The Hall–Kier alpha value is -5.17. The predicted molar refractivity (Wildman–Crippen MR) is 136 cm³/mol. The second kappa shape index (κ2) is 8.74. The van der Waals surface area contributed by atoms with E-state index in [-0.39, 0.29) is 5.75 Å². The molecule has 0 saturated heterocycles. The molecule has 6 rings (SSSR count). The molecule has 0 aliphatic rings. The Morgan fingerprint density at radius 1 is 0.895 bits per heavy atom. The van der Waals surface area contributed by atoms with Crippen molar-refractivity contribution in [1.29, 1.82) is 5.26 Å². The van der Waals surface area contributed by atoms with Crippen LogP contribution in [0.25, 0.3) is 49.7 Å². The normalized spacial score (nSPS) is 12.3. The van der Waals surface area contributed by atoms with Gasteiger partial charge in [0.1, 0.15) is 5.75 Å². The number of imidazole rings is 1. The standard InChI is InChI=1S/C28H17F3N6O/c1-36-25-15-34-24-11-6-17(19-12-18-4-2-3-5-23(18)33-14-19)13-22(24)26(25)37(27(36)35-16-32)20-7-9-21(10-8-20)38-28(29,30)31/h2-15H,1H3/b35-27-. The maximum atomic E-state index is 12.7. The van der Waals surface area contributed by atoms with Crippen molar-refractivity contribution in [2.75, 3.05) is 0 Å². The monoisotopic (exact) mass is 510 g/mol. The van der Waals surface area contributed by atoms with Gasteiger partial charge < -0.3 is 9.30 Å². The van der Waals surface area contributed by atoms with Crippen LogP contribution in [-0.4, -0.2) is 25.5 Å². The first kappa shape index (κ1) is 23.2. The minimum absolute atomic E-state index is 0.291. The number of benzene rings is 3. The Kier molecular flexibility index (Phi) is 5.35. The Morgan fingerprint density at radius 2 is 1.66 bits per heavy atom. The molecule has 0 aliphatic heterocycles. The SMILES string of the molecule is Cn1/c(=N/C#N)n(-c2ccc(OC(F)(F)F)cc2)c2c3cc(-c4cnc5ccccc5c4)ccc3ncc21. The van der Waals surface area contributed by atoms with E-state index in [0.29, 0.717) is 27.9 Å². The zero-order valence-corrected chi connectivity index (χ0v) is 19.8. The number of rotatable bonds is 3. The number of aryl methyl sites for hydroxylation is 1. The third-order valence-corrected chi connectivity index (χ3v) is 6.31. The number of hydrogen-bond acceptors (Lipinski definition) is 5. The highest BCUT2D eigenvalue weighted by molar-refractivity contribution is 6.04. The van der Waals surface area contributed by atoms with E-state index >= 15 is 0 Å². The summed E-state index contributed by atoms with van der Waals surface area (Å²) in [6.07, 6.45) is 0.517. The Morgan fingerprint density at radius 3 is 2.42 bits per heavy atom. The summed E-state index contributed by atoms with van der Waals surface area (Å²) in [6.45, 7) is 0. The fourth-order valence-corrected chi connectivity index (χ4v) is 4.63. The topological polar surface area (TPSA) is 81.0 Å². The summed E-state index contributed by atoms with van der Waals surface area (Å²) in [4.78, 5) is 13.2. The summed E-state index contributed by atoms with van der Waals surface area (Å²) in [5, 5.41) is 11.2. The number of ether oxygens (including phenoxy) is 1. The predicted octanol–water partition coefficient (Wildman–Crippen LogP) is 6.01. The van der Waals surface area contributed by atoms with Gasteiger partial charge in [-0.05, 0) is 54.1 Å². The van der Waals surface area contributed by atoms with Gasteiger partial charge in [-0.1, -0.05) is 24.3 Å². The van der Waals surface area contributed by atoms with Gasteiger partial charge in [0.25, 0.3) is 0 Å². The van der Waals surface area contributed by atoms with E-state index in [0.717, 1.165) is 27.4 Å². The van der Waals surface area contributed by atoms with Crippen LogP contribution < -0.4 is 10.4 Å². The van der Waals surface area contributed by atoms with E-state index in [9.17, 15) is 18.4 Å². The molecule has 0 spiro atoms. The number of hydrogen-bond donors (Lipinski definition) is 0. The number of fused-ring (bicyclic) bond motifs is 4. The minimum Gasteiger partial charge on any atom is -0.406 e. The molecule has 0 radical (unpaired) electrons. The molecule has 7 nitrogen and oxygen atoms in total. The van der Waals surface area contributed by atoms with Gasteiger partial charge in [-0.25, -0.2) is 0 Å². The molecule has 6 aromatic rings. The lowest BCUT2D eigenvalue weighted by Gasteiger charge is -2.11. The number of para-hydroxylation sites is 1. The highest BCUT2D eigenvalue weighted by Crippen LogP contribution is 2.31. The first-order chi connectivity index (χ1) is 18.3. The van der Waals surface area contributed by atoms with Gasteiger partial charge >= 0.3 is 6.36 Å². The van der Waals surface area contributed by atoms with Crippen LogP contribution in [-0.2, 0) is 7.05 Å². The minimum atomic E-state index is -4.80. The van der Waals surface area contributed by atoms with Crippen LogP contribution in [0.5, 0.6) is 5.75 Å². The lowest BCUT2D eigenvalue weighted by Crippen LogP contribution is -2.23. The summed E-state index contributed by atoms with van der Waals surface area (Å²) in [6, 6.07) is 21.2. The van der Waals surface area contributed by atoms with Crippen LogP contribution >= 0.6 is 0 Å². The summed E-state index contributed by atoms with van der Waals surface area (Å²) in [5.41, 5.74) is 5.61. The zero-order valence-electron chi connectivity index (χ0n) is 19.8. The average molecular weight is 510 g/mol. The fraction of sp³-hybridized carbons (Fsp3) is 0.0714. The van der Waals surface area contributed by atoms with Crippen molar-refractivity contribution in [2.45, 2.75) is 6.36 Å². The number of alkyl halides is 3. The van der Waals surface area contributed by atoms with Gasteiger partial charge in [-0.3, -0.25) is 14.5 Å². The third-order valence-electron chi connectivity index (χ3n) is 6.31. The molecule has 0 bridgehead atoms. The smallest absolute Gasteiger partial charge is 0.406 e. The number of nitrogens with zero attached hydrogens (tertiary/aromatic N) is 6. The van der Waals surface area contributed by atoms with E-state index in [1.165, 1.54) is 24.3 Å². The molecule has 0 amide bonds. The molecule has 0 aliphatic carbocycles. The van der Waals surface area contributed by atoms with Crippen LogP contribution in [0.4, 0.5) is 13.2 Å². The maximum Gasteiger partial charge on any atom is 0.573 e. The molecule has 0 unspecified atom stereocenters. The van der Waals surface area contributed by atoms with E-state index in [4.69, 9.17) is 0 Å². The van der Waals surface area contributed by atoms with Gasteiger partial charge in [-0.2, -0.15) is 5.26 Å². The van der Waals surface area contributed by atoms with Crippen LogP contribution in [0.2, 0.25) is 0 Å². The first-order valence-electron chi connectivity index (χ1n) is 11.5. The molecule has 0 fully saturated rings. The van der Waals surface area contributed by atoms with Crippen molar-refractivity contribution in [2.24, 2.45) is 12.0 Å². The highest BCUT2D eigenvalue weighted by atomic mass is 19.4. The molecule has 10 heteroatoms. The number of aromatic nitrogens is 4. The Labute approximate surface area is 213 Å². The average Bonchev–Trinajstić information content (AvgIpc) is 3.19.